The van der Waals surface area contributed by atoms with Gasteiger partial charge in [-0.05, 0) is 44.7 Å². The number of quaternary nitrogens is 1. The first-order valence-electron chi connectivity index (χ1n) is 11.1. The highest BCUT2D eigenvalue weighted by Crippen LogP contribution is 2.22. The Hall–Kier alpha value is -2.25. The van der Waals surface area contributed by atoms with Crippen LogP contribution < -0.4 is 11.3 Å². The lowest BCUT2D eigenvalue weighted by molar-refractivity contribution is -0.368. The van der Waals surface area contributed by atoms with E-state index in [4.69, 9.17) is 9.72 Å². The Balaban J connectivity index is 2.39. The van der Waals surface area contributed by atoms with Gasteiger partial charge in [-0.2, -0.15) is 0 Å². The van der Waals surface area contributed by atoms with Crippen LogP contribution in [-0.4, -0.2) is 47.2 Å². The zero-order valence-electron chi connectivity index (χ0n) is 18.7. The van der Waals surface area contributed by atoms with Crippen molar-refractivity contribution in [3.05, 3.63) is 40.4 Å². The molecule has 30 heavy (non-hydrogen) atoms. The first-order valence-corrected chi connectivity index (χ1v) is 11.1. The second kappa shape index (κ2) is 12.4. The topological polar surface area (TPSA) is 92.1 Å². The summed E-state index contributed by atoms with van der Waals surface area (Å²) in [7, 11) is 1.62. The smallest absolute Gasteiger partial charge is 0.261 e. The molecule has 2 aromatic rings. The molecular formula is C23H37N4O3+. The molecule has 1 aromatic carbocycles. The average Bonchev–Trinajstić information content (AvgIpc) is 2.75. The number of amides is 1. The number of hydrogen-bond acceptors (Lipinski definition) is 4. The normalized spacial score (nSPS) is 12.3. The highest BCUT2D eigenvalue weighted by Gasteiger charge is 2.25. The van der Waals surface area contributed by atoms with E-state index in [1.54, 1.807) is 17.7 Å². The van der Waals surface area contributed by atoms with Gasteiger partial charge in [0.25, 0.3) is 5.56 Å². The lowest BCUT2D eigenvalue weighted by Crippen LogP contribution is -2.50. The van der Waals surface area contributed by atoms with Gasteiger partial charge in [-0.3, -0.25) is 14.2 Å². The molecule has 2 rings (SSSR count). The lowest BCUT2D eigenvalue weighted by Gasteiger charge is -2.30. The van der Waals surface area contributed by atoms with E-state index in [2.05, 4.69) is 5.73 Å². The summed E-state index contributed by atoms with van der Waals surface area (Å²) in [6.45, 7) is 6.42. The number of benzene rings is 1. The zero-order valence-corrected chi connectivity index (χ0v) is 18.7. The van der Waals surface area contributed by atoms with Crippen LogP contribution in [0.2, 0.25) is 0 Å². The molecule has 0 aliphatic rings. The Bertz CT molecular complexity index is 865. The van der Waals surface area contributed by atoms with E-state index in [1.807, 2.05) is 36.9 Å². The molecule has 0 bridgehead atoms. The predicted molar refractivity (Wildman–Crippen MR) is 119 cm³/mol. The van der Waals surface area contributed by atoms with E-state index in [1.165, 1.54) is 0 Å². The molecule has 1 aromatic heterocycles. The van der Waals surface area contributed by atoms with Gasteiger partial charge in [-0.15, -0.1) is 0 Å². The van der Waals surface area contributed by atoms with E-state index in [0.717, 1.165) is 38.6 Å². The van der Waals surface area contributed by atoms with Crippen LogP contribution in [-0.2, 0) is 16.1 Å². The molecule has 0 saturated heterocycles. The number of hydrogen-bond donors (Lipinski definition) is 1. The van der Waals surface area contributed by atoms with Crippen molar-refractivity contribution in [1.29, 1.82) is 0 Å². The van der Waals surface area contributed by atoms with Crippen molar-refractivity contribution in [1.82, 2.24) is 14.5 Å². The van der Waals surface area contributed by atoms with E-state index in [9.17, 15) is 9.59 Å². The third-order valence-electron chi connectivity index (χ3n) is 5.43. The van der Waals surface area contributed by atoms with E-state index in [0.29, 0.717) is 42.8 Å². The third-order valence-corrected chi connectivity index (χ3v) is 5.43. The van der Waals surface area contributed by atoms with Crippen molar-refractivity contribution >= 4 is 16.8 Å². The quantitative estimate of drug-likeness (QED) is 0.507. The Labute approximate surface area is 179 Å². The van der Waals surface area contributed by atoms with Gasteiger partial charge in [0.2, 0.25) is 5.91 Å². The van der Waals surface area contributed by atoms with Crippen molar-refractivity contribution < 1.29 is 15.3 Å². The maximum Gasteiger partial charge on any atom is 0.261 e. The van der Waals surface area contributed by atoms with Gasteiger partial charge >= 0.3 is 0 Å². The summed E-state index contributed by atoms with van der Waals surface area (Å²) in [5.74, 6) is 0.737. The third kappa shape index (κ3) is 6.12. The van der Waals surface area contributed by atoms with Gasteiger partial charge in [0.05, 0.1) is 36.6 Å². The second-order valence-corrected chi connectivity index (χ2v) is 7.72. The Morgan fingerprint density at radius 1 is 1.23 bits per heavy atom. The molecule has 0 saturated carbocycles. The van der Waals surface area contributed by atoms with Gasteiger partial charge in [0.15, 0.2) is 0 Å². The summed E-state index contributed by atoms with van der Waals surface area (Å²) in [6.07, 6.45) is 5.54. The number of unbranched alkanes of at least 4 members (excludes halogenated alkanes) is 3. The molecule has 0 fully saturated rings. The van der Waals surface area contributed by atoms with Crippen LogP contribution in [0.5, 0.6) is 0 Å². The van der Waals surface area contributed by atoms with Crippen molar-refractivity contribution in [2.24, 2.45) is 0 Å². The minimum absolute atomic E-state index is 0.0853. The molecule has 3 N–H and O–H groups in total. The van der Waals surface area contributed by atoms with Crippen molar-refractivity contribution in [2.75, 3.05) is 26.8 Å². The summed E-state index contributed by atoms with van der Waals surface area (Å²) in [5.41, 5.74) is 4.47. The first-order chi connectivity index (χ1) is 14.5. The van der Waals surface area contributed by atoms with E-state index >= 15 is 0 Å². The van der Waals surface area contributed by atoms with Crippen LogP contribution in [0.4, 0.5) is 0 Å². The fourth-order valence-electron chi connectivity index (χ4n) is 3.75. The summed E-state index contributed by atoms with van der Waals surface area (Å²) in [5, 5.41) is 0.587. The first kappa shape index (κ1) is 24.0. The summed E-state index contributed by atoms with van der Waals surface area (Å²) in [6, 6.07) is 7.09. The fourth-order valence-corrected chi connectivity index (χ4v) is 3.75. The number of fused-ring (bicyclic) bond motifs is 1. The Morgan fingerprint density at radius 2 is 1.97 bits per heavy atom. The molecule has 7 nitrogen and oxygen atoms in total. The summed E-state index contributed by atoms with van der Waals surface area (Å²) in [4.78, 5) is 32.8. The predicted octanol–water partition coefficient (Wildman–Crippen LogP) is 2.53. The lowest BCUT2D eigenvalue weighted by atomic mass is 10.1. The number of rotatable bonds is 13. The van der Waals surface area contributed by atoms with Gasteiger partial charge < -0.3 is 15.4 Å². The van der Waals surface area contributed by atoms with Crippen LogP contribution in [0.3, 0.4) is 0 Å². The number of carbonyl (C=O) groups is 1. The summed E-state index contributed by atoms with van der Waals surface area (Å²) < 4.78 is 6.90. The van der Waals surface area contributed by atoms with Gasteiger partial charge in [-0.25, -0.2) is 4.98 Å². The van der Waals surface area contributed by atoms with E-state index < -0.39 is 0 Å². The fraction of sp³-hybridized carbons (Fsp3) is 0.609. The maximum absolute atomic E-state index is 13.2. The monoisotopic (exact) mass is 417 g/mol. The van der Waals surface area contributed by atoms with Gasteiger partial charge in [0.1, 0.15) is 5.82 Å². The highest BCUT2D eigenvalue weighted by atomic mass is 16.5. The van der Waals surface area contributed by atoms with Crippen LogP contribution in [0, 0.1) is 0 Å². The average molecular weight is 418 g/mol. The molecular weight excluding hydrogens is 380 g/mol. The van der Waals surface area contributed by atoms with E-state index in [-0.39, 0.29) is 17.5 Å². The molecule has 166 valence electrons. The van der Waals surface area contributed by atoms with Gasteiger partial charge in [-0.1, -0.05) is 25.5 Å². The van der Waals surface area contributed by atoms with Crippen LogP contribution in [0.1, 0.15) is 64.2 Å². The standard InChI is InChI=1S/C23H36N4O3/c1-4-11-21(28)26(15-10-6-5-9-14-24)18(2)22-25-20-13-8-7-12-19(20)23(29)27(22)16-17-30-3/h7-8,12-13,18H,4-6,9-11,14-17,24H2,1-3H3/p+1/t18-/m1/s1. The molecule has 1 heterocycles. The van der Waals surface area contributed by atoms with Crippen molar-refractivity contribution in [3.8, 4) is 0 Å². The van der Waals surface area contributed by atoms with Crippen LogP contribution in [0.15, 0.2) is 29.1 Å². The maximum atomic E-state index is 13.2. The van der Waals surface area contributed by atoms with Crippen LogP contribution in [0.25, 0.3) is 10.9 Å². The SMILES string of the molecule is CCCC(=O)N(CCCCCC[NH3+])[C@H](C)c1nc2ccccc2c(=O)n1CCOC. The van der Waals surface area contributed by atoms with Crippen molar-refractivity contribution in [3.63, 3.8) is 0 Å². The number of ether oxygens (including phenoxy) is 1. The Morgan fingerprint density at radius 3 is 2.67 bits per heavy atom. The number of nitrogens with zero attached hydrogens (tertiary/aromatic N) is 3. The molecule has 0 unspecified atom stereocenters. The molecule has 1 amide bonds. The molecule has 0 radical (unpaired) electrons. The number of para-hydroxylation sites is 1. The molecule has 1 atom stereocenters. The molecule has 7 heteroatoms. The zero-order chi connectivity index (χ0) is 21.9. The van der Waals surface area contributed by atoms with Crippen LogP contribution >= 0.6 is 0 Å². The second-order valence-electron chi connectivity index (χ2n) is 7.72. The minimum Gasteiger partial charge on any atom is -0.383 e. The molecule has 0 spiro atoms. The minimum atomic E-state index is -0.286. The number of carbonyl (C=O) groups excluding carboxylic acids is 1. The summed E-state index contributed by atoms with van der Waals surface area (Å²) >= 11 is 0. The molecule has 0 aliphatic heterocycles. The highest BCUT2D eigenvalue weighted by molar-refractivity contribution is 5.78. The largest absolute Gasteiger partial charge is 0.383 e. The number of methoxy groups -OCH3 is 1. The molecule has 0 aliphatic carbocycles. The van der Waals surface area contributed by atoms with Crippen molar-refractivity contribution in [2.45, 2.75) is 65.0 Å². The number of aromatic nitrogens is 2. The Kier molecular flexibility index (Phi) is 9.97. The van der Waals surface area contributed by atoms with Gasteiger partial charge in [0, 0.05) is 20.1 Å².